The Bertz CT molecular complexity index is 919. The lowest BCUT2D eigenvalue weighted by Gasteiger charge is -2.13. The van der Waals surface area contributed by atoms with Gasteiger partial charge in [0, 0.05) is 11.9 Å². The Morgan fingerprint density at radius 1 is 1.24 bits per heavy atom. The van der Waals surface area contributed by atoms with Crippen LogP contribution in [0.1, 0.15) is 11.1 Å². The van der Waals surface area contributed by atoms with Gasteiger partial charge in [0.1, 0.15) is 0 Å². The molecule has 0 radical (unpaired) electrons. The number of hydrogen-bond donors (Lipinski definition) is 2. The van der Waals surface area contributed by atoms with Crippen molar-refractivity contribution in [3.8, 4) is 0 Å². The predicted molar refractivity (Wildman–Crippen MR) is 99.0 cm³/mol. The van der Waals surface area contributed by atoms with E-state index in [-0.39, 0.29) is 30.7 Å². The van der Waals surface area contributed by atoms with Crippen molar-refractivity contribution in [1.29, 1.82) is 0 Å². The van der Waals surface area contributed by atoms with E-state index in [2.05, 4.69) is 15.6 Å². The van der Waals surface area contributed by atoms with E-state index in [0.717, 1.165) is 28.9 Å². The zero-order valence-electron chi connectivity index (χ0n) is 14.8. The minimum atomic E-state index is -4.46. The number of pyridine rings is 1. The van der Waals surface area contributed by atoms with E-state index in [4.69, 9.17) is 0 Å². The number of rotatable bonds is 6. The summed E-state index contributed by atoms with van der Waals surface area (Å²) in [5.41, 5.74) is 0.277. The van der Waals surface area contributed by atoms with E-state index < -0.39 is 17.8 Å². The Morgan fingerprint density at radius 2 is 2.03 bits per heavy atom. The molecule has 11 heteroatoms. The molecule has 29 heavy (non-hydrogen) atoms. The number of carbonyl (C=O) groups is 3. The normalized spacial score (nSPS) is 14.1. The third-order valence-corrected chi connectivity index (χ3v) is 4.85. The molecule has 3 rings (SSSR count). The van der Waals surface area contributed by atoms with Crippen LogP contribution in [-0.4, -0.2) is 40.0 Å². The Kier molecular flexibility index (Phi) is 6.06. The lowest BCUT2D eigenvalue weighted by Crippen LogP contribution is -2.30. The van der Waals surface area contributed by atoms with Gasteiger partial charge in [0.05, 0.1) is 29.4 Å². The fourth-order valence-electron chi connectivity index (χ4n) is 2.52. The molecule has 0 aliphatic carbocycles. The number of amides is 4. The zero-order chi connectivity index (χ0) is 21.0. The van der Waals surface area contributed by atoms with Crippen LogP contribution >= 0.6 is 11.8 Å². The van der Waals surface area contributed by atoms with Gasteiger partial charge >= 0.3 is 12.2 Å². The highest BCUT2D eigenvalue weighted by molar-refractivity contribution is 7.99. The van der Waals surface area contributed by atoms with Crippen LogP contribution in [0.3, 0.4) is 0 Å². The molecule has 0 spiro atoms. The summed E-state index contributed by atoms with van der Waals surface area (Å²) in [4.78, 5) is 40.1. The van der Waals surface area contributed by atoms with Crippen molar-refractivity contribution in [2.45, 2.75) is 17.7 Å². The lowest BCUT2D eigenvalue weighted by molar-refractivity contribution is -0.138. The number of halogens is 3. The molecule has 7 nitrogen and oxygen atoms in total. The fourth-order valence-corrected chi connectivity index (χ4v) is 3.16. The molecule has 0 saturated carbocycles. The number of aromatic nitrogens is 1. The maximum atomic E-state index is 12.5. The number of imide groups is 1. The Labute approximate surface area is 167 Å². The fraction of sp³-hybridized carbons (Fsp3) is 0.222. The Hall–Kier alpha value is -3.08. The van der Waals surface area contributed by atoms with Gasteiger partial charge in [-0.05, 0) is 29.8 Å². The van der Waals surface area contributed by atoms with Crippen LogP contribution in [0.2, 0.25) is 0 Å². The monoisotopic (exact) mass is 424 g/mol. The van der Waals surface area contributed by atoms with Gasteiger partial charge in [-0.2, -0.15) is 13.2 Å². The first-order chi connectivity index (χ1) is 13.7. The molecule has 0 atom stereocenters. The Balaban J connectivity index is 1.54. The van der Waals surface area contributed by atoms with Crippen molar-refractivity contribution in [3.05, 3.63) is 53.7 Å². The van der Waals surface area contributed by atoms with Crippen molar-refractivity contribution in [3.63, 3.8) is 0 Å². The molecule has 152 valence electrons. The first-order valence-electron chi connectivity index (χ1n) is 8.35. The molecule has 1 aliphatic rings. The van der Waals surface area contributed by atoms with Crippen LogP contribution in [0, 0.1) is 0 Å². The van der Waals surface area contributed by atoms with Crippen molar-refractivity contribution >= 4 is 35.3 Å². The molecule has 1 aromatic carbocycles. The summed E-state index contributed by atoms with van der Waals surface area (Å²) in [6.07, 6.45) is -3.74. The van der Waals surface area contributed by atoms with Crippen LogP contribution in [0.5, 0.6) is 0 Å². The number of anilines is 1. The molecule has 1 aliphatic heterocycles. The van der Waals surface area contributed by atoms with E-state index in [9.17, 15) is 27.6 Å². The average Bonchev–Trinajstić information content (AvgIpc) is 2.98. The molecule has 2 heterocycles. The van der Waals surface area contributed by atoms with Gasteiger partial charge in [0.25, 0.3) is 0 Å². The first kappa shape index (κ1) is 20.6. The molecule has 1 aromatic heterocycles. The van der Waals surface area contributed by atoms with E-state index in [1.54, 1.807) is 24.3 Å². The second-order valence-electron chi connectivity index (χ2n) is 6.06. The van der Waals surface area contributed by atoms with E-state index in [1.165, 1.54) is 6.07 Å². The number of benzene rings is 1. The molecular weight excluding hydrogens is 409 g/mol. The van der Waals surface area contributed by atoms with Crippen LogP contribution in [0.25, 0.3) is 0 Å². The number of carbonyl (C=O) groups excluding carboxylic acids is 3. The number of hydrogen-bond acceptors (Lipinski definition) is 5. The van der Waals surface area contributed by atoms with Crippen LogP contribution in [0.4, 0.5) is 23.7 Å². The molecular formula is C18H15F3N4O3S. The number of nitrogens with one attached hydrogen (secondary N) is 2. The molecule has 1 saturated heterocycles. The third kappa shape index (κ3) is 5.47. The van der Waals surface area contributed by atoms with Crippen molar-refractivity contribution in [2.24, 2.45) is 0 Å². The summed E-state index contributed by atoms with van der Waals surface area (Å²) in [5.74, 6) is -0.746. The number of thioether (sulfide) groups is 1. The van der Waals surface area contributed by atoms with Gasteiger partial charge in [0.15, 0.2) is 0 Å². The van der Waals surface area contributed by atoms with Gasteiger partial charge in [-0.1, -0.05) is 23.9 Å². The second-order valence-corrected chi connectivity index (χ2v) is 7.05. The average molecular weight is 424 g/mol. The number of nitrogens with zero attached hydrogens (tertiary/aromatic N) is 2. The molecule has 4 amide bonds. The van der Waals surface area contributed by atoms with Gasteiger partial charge in [-0.3, -0.25) is 14.5 Å². The second kappa shape index (κ2) is 8.52. The summed E-state index contributed by atoms with van der Waals surface area (Å²) in [7, 11) is 0. The minimum Gasteiger partial charge on any atom is -0.329 e. The predicted octanol–water partition coefficient (Wildman–Crippen LogP) is 2.88. The third-order valence-electron chi connectivity index (χ3n) is 3.90. The van der Waals surface area contributed by atoms with Crippen LogP contribution in [0.15, 0.2) is 47.6 Å². The van der Waals surface area contributed by atoms with Gasteiger partial charge in [-0.25, -0.2) is 9.78 Å². The highest BCUT2D eigenvalue weighted by Gasteiger charge is 2.30. The van der Waals surface area contributed by atoms with Crippen molar-refractivity contribution < 1.29 is 27.6 Å². The quantitative estimate of drug-likeness (QED) is 0.550. The molecule has 2 aromatic rings. The van der Waals surface area contributed by atoms with E-state index >= 15 is 0 Å². The number of urea groups is 1. The smallest absolute Gasteiger partial charge is 0.329 e. The minimum absolute atomic E-state index is 0.0372. The van der Waals surface area contributed by atoms with Crippen molar-refractivity contribution in [2.75, 3.05) is 17.6 Å². The summed E-state index contributed by atoms with van der Waals surface area (Å²) in [6.45, 7) is 0.0447. The molecule has 2 N–H and O–H groups in total. The van der Waals surface area contributed by atoms with Gasteiger partial charge in [0.2, 0.25) is 11.8 Å². The largest absolute Gasteiger partial charge is 0.417 e. The SMILES string of the molecule is O=C(CSc1ccc(C(F)(F)F)cn1)Nc1cccc(CN2C(=O)CNC2=O)c1. The summed E-state index contributed by atoms with van der Waals surface area (Å²) in [5, 5.41) is 5.38. The van der Waals surface area contributed by atoms with Crippen LogP contribution < -0.4 is 10.6 Å². The van der Waals surface area contributed by atoms with Crippen LogP contribution in [-0.2, 0) is 22.3 Å². The molecule has 0 bridgehead atoms. The highest BCUT2D eigenvalue weighted by Crippen LogP contribution is 2.29. The molecule has 0 unspecified atom stereocenters. The summed E-state index contributed by atoms with van der Waals surface area (Å²) >= 11 is 1.00. The maximum Gasteiger partial charge on any atom is 0.417 e. The zero-order valence-corrected chi connectivity index (χ0v) is 15.6. The lowest BCUT2D eigenvalue weighted by atomic mass is 10.2. The number of alkyl halides is 3. The van der Waals surface area contributed by atoms with Gasteiger partial charge < -0.3 is 10.6 Å². The van der Waals surface area contributed by atoms with Crippen molar-refractivity contribution in [1.82, 2.24) is 15.2 Å². The van der Waals surface area contributed by atoms with E-state index in [0.29, 0.717) is 16.3 Å². The summed E-state index contributed by atoms with van der Waals surface area (Å²) in [6, 6.07) is 8.33. The Morgan fingerprint density at radius 3 is 2.66 bits per heavy atom. The highest BCUT2D eigenvalue weighted by atomic mass is 32.2. The topological polar surface area (TPSA) is 91.4 Å². The maximum absolute atomic E-state index is 12.5. The first-order valence-corrected chi connectivity index (χ1v) is 9.34. The van der Waals surface area contributed by atoms with E-state index in [1.807, 2.05) is 0 Å². The van der Waals surface area contributed by atoms with Gasteiger partial charge in [-0.15, -0.1) is 0 Å². The molecule has 1 fully saturated rings. The standard InChI is InChI=1S/C18H15F3N4O3S/c19-18(20,21)12-4-5-15(22-7-12)29-10-14(26)24-13-3-1-2-11(6-13)9-25-16(27)8-23-17(25)28/h1-7H,8-10H2,(H,23,28)(H,24,26). The summed E-state index contributed by atoms with van der Waals surface area (Å²) < 4.78 is 37.6.